The second-order valence-corrected chi connectivity index (χ2v) is 8.93. The topological polar surface area (TPSA) is 73.0 Å². The molecule has 166 valence electrons. The number of rotatable bonds is 6. The van der Waals surface area contributed by atoms with Crippen molar-refractivity contribution in [3.63, 3.8) is 0 Å². The number of hydrogen-bond acceptors (Lipinski definition) is 5. The molecule has 3 aromatic carbocycles. The van der Waals surface area contributed by atoms with Crippen LogP contribution in [-0.4, -0.2) is 28.5 Å². The van der Waals surface area contributed by atoms with Crippen LogP contribution in [-0.2, 0) is 13.0 Å². The molecule has 7 heteroatoms. The predicted molar refractivity (Wildman–Crippen MR) is 133 cm³/mol. The zero-order valence-electron chi connectivity index (χ0n) is 18.1. The summed E-state index contributed by atoms with van der Waals surface area (Å²) in [7, 11) is 0. The smallest absolute Gasteiger partial charge is 0.255 e. The molecule has 1 amide bonds. The molecule has 1 aromatic heterocycles. The van der Waals surface area contributed by atoms with Gasteiger partial charge < -0.3 is 15.2 Å². The summed E-state index contributed by atoms with van der Waals surface area (Å²) in [4.78, 5) is 23.6. The Labute approximate surface area is 197 Å². The van der Waals surface area contributed by atoms with Crippen LogP contribution >= 0.6 is 11.9 Å². The number of hydrogen-bond donors (Lipinski definition) is 3. The molecule has 0 fully saturated rings. The molecule has 1 atom stereocenters. The minimum atomic E-state index is -0.115. The van der Waals surface area contributed by atoms with Gasteiger partial charge in [0.15, 0.2) is 0 Å². The van der Waals surface area contributed by atoms with Crippen LogP contribution in [0.3, 0.4) is 0 Å². The molecule has 1 aliphatic heterocycles. The van der Waals surface area contributed by atoms with E-state index in [1.165, 1.54) is 5.56 Å². The van der Waals surface area contributed by atoms with E-state index in [0.29, 0.717) is 12.1 Å². The predicted octanol–water partition coefficient (Wildman–Crippen LogP) is 4.89. The Balaban J connectivity index is 1.40. The molecule has 1 aliphatic rings. The van der Waals surface area contributed by atoms with E-state index in [0.717, 1.165) is 34.9 Å². The first kappa shape index (κ1) is 21.3. The van der Waals surface area contributed by atoms with Gasteiger partial charge in [-0.1, -0.05) is 48.5 Å². The van der Waals surface area contributed by atoms with E-state index in [4.69, 9.17) is 0 Å². The van der Waals surface area contributed by atoms with E-state index in [-0.39, 0.29) is 11.9 Å². The van der Waals surface area contributed by atoms with Gasteiger partial charge in [0.1, 0.15) is 0 Å². The maximum Gasteiger partial charge on any atom is 0.255 e. The number of amides is 1. The van der Waals surface area contributed by atoms with E-state index in [9.17, 15) is 4.79 Å². The summed E-state index contributed by atoms with van der Waals surface area (Å²) in [5, 5.41) is 3.04. The molecular weight excluding hydrogens is 430 g/mol. The van der Waals surface area contributed by atoms with Crippen molar-refractivity contribution < 1.29 is 4.79 Å². The highest BCUT2D eigenvalue weighted by Crippen LogP contribution is 2.35. The fourth-order valence-electron chi connectivity index (χ4n) is 4.00. The minimum Gasteiger partial charge on any atom is -0.363 e. The lowest BCUT2D eigenvalue weighted by atomic mass is 10.1. The Morgan fingerprint density at radius 1 is 1.06 bits per heavy atom. The first-order valence-corrected chi connectivity index (χ1v) is 11.8. The minimum absolute atomic E-state index is 0.115. The fourth-order valence-corrected chi connectivity index (χ4v) is 4.88. The molecule has 3 N–H and O–H groups in total. The van der Waals surface area contributed by atoms with E-state index in [1.54, 1.807) is 18.3 Å². The monoisotopic (exact) mass is 455 g/mol. The summed E-state index contributed by atoms with van der Waals surface area (Å²) >= 11 is 1.64. The van der Waals surface area contributed by atoms with E-state index < -0.39 is 0 Å². The van der Waals surface area contributed by atoms with Gasteiger partial charge in [-0.2, -0.15) is 0 Å². The van der Waals surface area contributed by atoms with Crippen molar-refractivity contribution in [2.75, 3.05) is 16.8 Å². The van der Waals surface area contributed by atoms with Crippen LogP contribution < -0.4 is 14.9 Å². The van der Waals surface area contributed by atoms with Crippen molar-refractivity contribution >= 4 is 29.2 Å². The number of carbonyl (C=O) groups is 1. The van der Waals surface area contributed by atoms with Crippen molar-refractivity contribution in [2.45, 2.75) is 23.9 Å². The van der Waals surface area contributed by atoms with E-state index in [2.05, 4.69) is 61.3 Å². The lowest BCUT2D eigenvalue weighted by molar-refractivity contribution is 0.102. The molecule has 5 rings (SSSR count). The quantitative estimate of drug-likeness (QED) is 0.361. The van der Waals surface area contributed by atoms with Crippen LogP contribution in [0.1, 0.15) is 21.6 Å². The third-order valence-corrected chi connectivity index (χ3v) is 6.62. The maximum atomic E-state index is 12.7. The number of H-pyrrole nitrogens is 1. The number of anilines is 2. The molecule has 6 nitrogen and oxygen atoms in total. The average molecular weight is 456 g/mol. The molecule has 33 heavy (non-hydrogen) atoms. The summed E-state index contributed by atoms with van der Waals surface area (Å²) in [6.07, 6.45) is 4.56. The number of fused-ring (bicyclic) bond motifs is 1. The second-order valence-electron chi connectivity index (χ2n) is 8.05. The van der Waals surface area contributed by atoms with Crippen molar-refractivity contribution in [1.82, 2.24) is 14.7 Å². The van der Waals surface area contributed by atoms with E-state index >= 15 is 0 Å². The number of aromatic nitrogens is 2. The Bertz CT molecular complexity index is 1200. The van der Waals surface area contributed by atoms with Crippen LogP contribution in [0.4, 0.5) is 11.4 Å². The summed E-state index contributed by atoms with van der Waals surface area (Å²) in [6.45, 7) is 1.50. The number of benzene rings is 3. The van der Waals surface area contributed by atoms with Gasteiger partial charge >= 0.3 is 0 Å². The Hall–Kier alpha value is -3.55. The van der Waals surface area contributed by atoms with Crippen molar-refractivity contribution in [1.29, 1.82) is 0 Å². The first-order chi connectivity index (χ1) is 16.2. The zero-order chi connectivity index (χ0) is 22.5. The summed E-state index contributed by atoms with van der Waals surface area (Å²) in [6, 6.07) is 26.1. The molecule has 0 bridgehead atoms. The van der Waals surface area contributed by atoms with Gasteiger partial charge in [0.2, 0.25) is 0 Å². The number of nitrogens with one attached hydrogen (secondary N) is 3. The molecule has 2 heterocycles. The Morgan fingerprint density at radius 2 is 1.85 bits per heavy atom. The number of carbonyl (C=O) groups excluding carboxylic acids is 1. The Kier molecular flexibility index (Phi) is 6.41. The molecule has 0 aliphatic carbocycles. The molecule has 4 aromatic rings. The highest BCUT2D eigenvalue weighted by Gasteiger charge is 2.24. The third kappa shape index (κ3) is 5.27. The summed E-state index contributed by atoms with van der Waals surface area (Å²) in [5.41, 5.74) is 4.77. The lowest BCUT2D eigenvalue weighted by Gasteiger charge is -2.27. The van der Waals surface area contributed by atoms with Crippen molar-refractivity contribution in [3.05, 3.63) is 108 Å². The van der Waals surface area contributed by atoms with Crippen LogP contribution in [0.25, 0.3) is 0 Å². The molecule has 0 saturated heterocycles. The number of aromatic amines is 1. The second kappa shape index (κ2) is 9.94. The normalized spacial score (nSPS) is 15.5. The third-order valence-electron chi connectivity index (χ3n) is 5.60. The molecule has 0 saturated carbocycles. The van der Waals surface area contributed by atoms with Crippen LogP contribution in [0.5, 0.6) is 0 Å². The van der Waals surface area contributed by atoms with Crippen molar-refractivity contribution in [3.8, 4) is 0 Å². The largest absolute Gasteiger partial charge is 0.363 e. The van der Waals surface area contributed by atoms with Crippen LogP contribution in [0, 0.1) is 0 Å². The van der Waals surface area contributed by atoms with Gasteiger partial charge in [-0.15, -0.1) is 0 Å². The number of nitrogens with zero attached hydrogens (tertiary/aromatic N) is 2. The highest BCUT2D eigenvalue weighted by atomic mass is 32.2. The first-order valence-electron chi connectivity index (χ1n) is 10.9. The Morgan fingerprint density at radius 3 is 2.61 bits per heavy atom. The average Bonchev–Trinajstić information content (AvgIpc) is 3.31. The molecule has 0 spiro atoms. The van der Waals surface area contributed by atoms with Gasteiger partial charge in [-0.25, -0.2) is 4.98 Å². The summed E-state index contributed by atoms with van der Waals surface area (Å²) < 4.78 is 3.64. The van der Waals surface area contributed by atoms with Crippen LogP contribution in [0.15, 0.2) is 96.3 Å². The molecule has 0 radical (unpaired) electrons. The summed E-state index contributed by atoms with van der Waals surface area (Å²) in [5.74, 6) is -0.115. The maximum absolute atomic E-state index is 12.7. The van der Waals surface area contributed by atoms with Crippen molar-refractivity contribution in [2.24, 2.45) is 0 Å². The number of imidazole rings is 1. The van der Waals surface area contributed by atoms with Gasteiger partial charge in [0.05, 0.1) is 24.3 Å². The van der Waals surface area contributed by atoms with Gasteiger partial charge in [-0.3, -0.25) is 9.52 Å². The fraction of sp³-hybridized carbons (Fsp3) is 0.154. The van der Waals surface area contributed by atoms with Gasteiger partial charge in [-0.05, 0) is 54.3 Å². The van der Waals surface area contributed by atoms with Gasteiger partial charge in [0, 0.05) is 34.9 Å². The van der Waals surface area contributed by atoms with Gasteiger partial charge in [0.25, 0.3) is 5.91 Å². The van der Waals surface area contributed by atoms with E-state index in [1.807, 2.05) is 48.7 Å². The van der Waals surface area contributed by atoms with Crippen LogP contribution in [0.2, 0.25) is 0 Å². The molecular formula is C26H25N5OS. The standard InChI is InChI=1S/C26H25N5OS/c32-26(20-9-5-2-6-10-20)29-21-11-12-25-24(14-21)31(17-23-15-27-18-28-23)16-22(30-33-25)13-19-7-3-1-4-8-19/h1-12,14-15,18,22,30H,13,16-17H2,(H,27,28)(H,29,32). The zero-order valence-corrected chi connectivity index (χ0v) is 18.9. The lowest BCUT2D eigenvalue weighted by Crippen LogP contribution is -2.38. The highest BCUT2D eigenvalue weighted by molar-refractivity contribution is 7.97. The SMILES string of the molecule is O=C(Nc1ccc2c(c1)N(Cc1c[nH]cn1)CC(Cc1ccccc1)NS2)c1ccccc1. The molecule has 1 unspecified atom stereocenters.